The number of allylic oxidation sites excluding steroid dienone is 4. The van der Waals surface area contributed by atoms with Gasteiger partial charge in [0, 0.05) is 0 Å². The lowest BCUT2D eigenvalue weighted by molar-refractivity contribution is -0.131. The topological polar surface area (TPSA) is 150 Å². The van der Waals surface area contributed by atoms with E-state index in [-0.39, 0.29) is 0 Å². The fourth-order valence-electron chi connectivity index (χ4n) is 1.31. The lowest BCUT2D eigenvalue weighted by Gasteiger charge is -1.95. The van der Waals surface area contributed by atoms with Crippen molar-refractivity contribution >= 4 is 17.4 Å². The Morgan fingerprint density at radius 1 is 1.06 bits per heavy atom. The second kappa shape index (κ2) is 4.59. The third-order valence-corrected chi connectivity index (χ3v) is 2.09. The highest BCUT2D eigenvalue weighted by molar-refractivity contribution is 6.54. The molecule has 18 heavy (non-hydrogen) atoms. The maximum absolute atomic E-state index is 11.5. The molecule has 0 bridgehead atoms. The minimum atomic E-state index is -1.26. The largest absolute Gasteiger partial charge is 0.506 e. The lowest BCUT2D eigenvalue weighted by atomic mass is 10.1. The molecule has 0 atom stereocenters. The number of aliphatic hydroxyl groups excluding tert-OH is 1. The average Bonchev–Trinajstić information content (AvgIpc) is 2.59. The molecule has 7 heteroatoms. The van der Waals surface area contributed by atoms with Gasteiger partial charge in [-0.3, -0.25) is 15.0 Å². The molecule has 0 saturated heterocycles. The second-order valence-electron chi connectivity index (χ2n) is 2.97. The van der Waals surface area contributed by atoms with Crippen LogP contribution >= 0.6 is 0 Å². The molecule has 84 valence electrons. The number of nitriles is 3. The first-order valence-corrected chi connectivity index (χ1v) is 4.30. The molecule has 1 rings (SSSR count). The number of hydrogen-bond donors (Lipinski definition) is 2. The summed E-state index contributed by atoms with van der Waals surface area (Å²) in [7, 11) is 0. The summed E-state index contributed by atoms with van der Waals surface area (Å²) in [6.07, 6.45) is 0. The van der Waals surface area contributed by atoms with Crippen molar-refractivity contribution in [2.75, 3.05) is 0 Å². The Hall–Kier alpha value is -3.46. The van der Waals surface area contributed by atoms with E-state index in [1.165, 1.54) is 18.2 Å². The predicted molar refractivity (Wildman–Crippen MR) is 54.8 cm³/mol. The molecule has 2 N–H and O–H groups in total. The molecule has 0 spiro atoms. The monoisotopic (exact) mass is 238 g/mol. The molecular weight excluding hydrogens is 236 g/mol. The van der Waals surface area contributed by atoms with Crippen LogP contribution in [0.4, 0.5) is 0 Å². The molecule has 0 radical (unpaired) electrons. The summed E-state index contributed by atoms with van der Waals surface area (Å²) in [6.45, 7) is 0. The van der Waals surface area contributed by atoms with E-state index >= 15 is 0 Å². The molecule has 0 saturated carbocycles. The van der Waals surface area contributed by atoms with Crippen LogP contribution in [0.25, 0.3) is 0 Å². The number of carbonyl (C=O) groups is 2. The van der Waals surface area contributed by atoms with Gasteiger partial charge in [-0.05, 0) is 5.87 Å². The normalized spacial score (nSPS) is 13.5. The SMILES string of the molecule is N#CC(=C=N)C1=C(O)C(=C(C#N)C#N)C(=O)C1=O. The van der Waals surface area contributed by atoms with E-state index in [0.717, 1.165) is 0 Å². The van der Waals surface area contributed by atoms with Gasteiger partial charge in [0.15, 0.2) is 0 Å². The smallest absolute Gasteiger partial charge is 0.239 e. The van der Waals surface area contributed by atoms with E-state index in [1.54, 1.807) is 5.87 Å². The van der Waals surface area contributed by atoms with E-state index in [1.807, 2.05) is 0 Å². The van der Waals surface area contributed by atoms with Crippen molar-refractivity contribution in [1.29, 1.82) is 21.2 Å². The first kappa shape index (κ1) is 12.6. The van der Waals surface area contributed by atoms with Gasteiger partial charge in [-0.15, -0.1) is 0 Å². The summed E-state index contributed by atoms with van der Waals surface area (Å²) in [6, 6.07) is 4.13. The summed E-state index contributed by atoms with van der Waals surface area (Å²) in [5.41, 5.74) is -2.84. The number of Topliss-reactive ketones (excluding diaryl/α,β-unsaturated/α-hetero) is 2. The van der Waals surface area contributed by atoms with Gasteiger partial charge in [-0.25, -0.2) is 0 Å². The van der Waals surface area contributed by atoms with Crippen LogP contribution in [-0.4, -0.2) is 22.5 Å². The number of nitrogens with one attached hydrogen (secondary N) is 1. The summed E-state index contributed by atoms with van der Waals surface area (Å²) >= 11 is 0. The maximum Gasteiger partial charge on any atom is 0.239 e. The van der Waals surface area contributed by atoms with Gasteiger partial charge in [0.05, 0.1) is 11.1 Å². The van der Waals surface area contributed by atoms with Crippen LogP contribution in [0.15, 0.2) is 28.1 Å². The zero-order valence-electron chi connectivity index (χ0n) is 8.61. The van der Waals surface area contributed by atoms with Gasteiger partial charge < -0.3 is 5.11 Å². The fraction of sp³-hybridized carbons (Fsp3) is 0. The predicted octanol–water partition coefficient (Wildman–Crippen LogP) is -0.00749. The zero-order valence-corrected chi connectivity index (χ0v) is 8.61. The number of rotatable bonds is 1. The van der Waals surface area contributed by atoms with E-state index in [0.29, 0.717) is 0 Å². The van der Waals surface area contributed by atoms with Crippen LogP contribution in [0.5, 0.6) is 0 Å². The van der Waals surface area contributed by atoms with Gasteiger partial charge in [0.25, 0.3) is 0 Å². The Bertz CT molecular complexity index is 697. The lowest BCUT2D eigenvalue weighted by Crippen LogP contribution is -2.12. The summed E-state index contributed by atoms with van der Waals surface area (Å²) < 4.78 is 0. The maximum atomic E-state index is 11.5. The Kier molecular flexibility index (Phi) is 3.21. The third kappa shape index (κ3) is 1.58. The molecule has 7 nitrogen and oxygen atoms in total. The first-order chi connectivity index (χ1) is 8.53. The van der Waals surface area contributed by atoms with Crippen LogP contribution in [0.2, 0.25) is 0 Å². The van der Waals surface area contributed by atoms with E-state index < -0.39 is 39.6 Å². The van der Waals surface area contributed by atoms with Crippen LogP contribution in [0, 0.1) is 39.4 Å². The van der Waals surface area contributed by atoms with Crippen molar-refractivity contribution in [3.8, 4) is 18.2 Å². The fourth-order valence-corrected chi connectivity index (χ4v) is 1.31. The van der Waals surface area contributed by atoms with Gasteiger partial charge in [0.2, 0.25) is 11.6 Å². The molecule has 0 unspecified atom stereocenters. The molecule has 0 amide bonds. The Morgan fingerprint density at radius 3 is 2.00 bits per heavy atom. The molecular formula is C11H2N4O3. The van der Waals surface area contributed by atoms with Crippen molar-refractivity contribution in [2.24, 2.45) is 0 Å². The summed E-state index contributed by atoms with van der Waals surface area (Å²) in [4.78, 5) is 23.0. The van der Waals surface area contributed by atoms with E-state index in [4.69, 9.17) is 21.2 Å². The summed E-state index contributed by atoms with van der Waals surface area (Å²) in [5.74, 6) is -1.86. The molecule has 1 aliphatic carbocycles. The Balaban J connectivity index is 3.74. The molecule has 0 heterocycles. The minimum absolute atomic E-state index is 0.643. The van der Waals surface area contributed by atoms with E-state index in [2.05, 4.69) is 0 Å². The van der Waals surface area contributed by atoms with Gasteiger partial charge in [-0.1, -0.05) is 0 Å². The Morgan fingerprint density at radius 2 is 1.61 bits per heavy atom. The quantitative estimate of drug-likeness (QED) is 0.284. The van der Waals surface area contributed by atoms with Crippen molar-refractivity contribution in [2.45, 2.75) is 0 Å². The van der Waals surface area contributed by atoms with Crippen molar-refractivity contribution in [3.05, 3.63) is 28.1 Å². The molecule has 1 aliphatic rings. The minimum Gasteiger partial charge on any atom is -0.506 e. The van der Waals surface area contributed by atoms with Gasteiger partial charge in [0.1, 0.15) is 35.1 Å². The molecule has 0 aliphatic heterocycles. The third-order valence-electron chi connectivity index (χ3n) is 2.09. The molecule has 0 aromatic rings. The first-order valence-electron chi connectivity index (χ1n) is 4.30. The highest BCUT2D eigenvalue weighted by Gasteiger charge is 2.40. The van der Waals surface area contributed by atoms with Gasteiger partial charge >= 0.3 is 0 Å². The number of hydrogen-bond acceptors (Lipinski definition) is 7. The Labute approximate surface area is 100 Å². The zero-order chi connectivity index (χ0) is 13.9. The number of carbonyl (C=O) groups excluding carboxylic acids is 2. The summed E-state index contributed by atoms with van der Waals surface area (Å²) in [5, 5.41) is 42.2. The molecule has 0 fully saturated rings. The van der Waals surface area contributed by atoms with Crippen LogP contribution in [0.3, 0.4) is 0 Å². The second-order valence-corrected chi connectivity index (χ2v) is 2.97. The number of nitrogens with zero attached hydrogens (tertiary/aromatic N) is 3. The van der Waals surface area contributed by atoms with Crippen molar-refractivity contribution in [1.82, 2.24) is 0 Å². The molecule has 0 aromatic heterocycles. The van der Waals surface area contributed by atoms with E-state index in [9.17, 15) is 14.7 Å². The standard InChI is InChI=1S/C11H2N4O3/c12-1-5(2-13)7-9(16)8(6(3-14)4-15)11(18)10(7)17/h12,16H. The average molecular weight is 238 g/mol. The van der Waals surface area contributed by atoms with Crippen LogP contribution in [-0.2, 0) is 9.59 Å². The highest BCUT2D eigenvalue weighted by atomic mass is 16.3. The van der Waals surface area contributed by atoms with Crippen molar-refractivity contribution in [3.63, 3.8) is 0 Å². The van der Waals surface area contributed by atoms with Gasteiger partial charge in [-0.2, -0.15) is 15.8 Å². The molecule has 0 aromatic carbocycles. The van der Waals surface area contributed by atoms with Crippen molar-refractivity contribution < 1.29 is 14.7 Å². The van der Waals surface area contributed by atoms with Crippen LogP contribution < -0.4 is 0 Å². The highest BCUT2D eigenvalue weighted by Crippen LogP contribution is 2.29. The van der Waals surface area contributed by atoms with Crippen LogP contribution in [0.1, 0.15) is 0 Å². The number of aliphatic hydroxyl groups is 1. The number of ketones is 2.